The van der Waals surface area contributed by atoms with Crippen molar-refractivity contribution in [2.45, 2.75) is 31.9 Å². The first-order valence-corrected chi connectivity index (χ1v) is 5.80. The number of hydrogen-bond acceptors (Lipinski definition) is 4. The fraction of sp³-hybridized carbons (Fsp3) is 0.583. The van der Waals surface area contributed by atoms with Gasteiger partial charge in [0, 0.05) is 18.8 Å². The molecule has 0 spiro atoms. The summed E-state index contributed by atoms with van der Waals surface area (Å²) in [5.41, 5.74) is 6.72. The van der Waals surface area contributed by atoms with Gasteiger partial charge in [0.15, 0.2) is 0 Å². The fourth-order valence-electron chi connectivity index (χ4n) is 2.21. The standard InChI is InChI=1S/C12H19N3O/c1-9(10-4-5-12(13)14-7-10)15-6-2-3-11(16)8-15/h4-5,7,9,11,16H,2-3,6,8H2,1H3,(H2,13,14)/t9?,11-/m0/s1. The van der Waals surface area contributed by atoms with Crippen LogP contribution in [0.25, 0.3) is 0 Å². The third-order valence-corrected chi connectivity index (χ3v) is 3.27. The first-order chi connectivity index (χ1) is 7.66. The highest BCUT2D eigenvalue weighted by Crippen LogP contribution is 2.23. The Labute approximate surface area is 96.1 Å². The number of aromatic nitrogens is 1. The van der Waals surface area contributed by atoms with Gasteiger partial charge >= 0.3 is 0 Å². The van der Waals surface area contributed by atoms with Gasteiger partial charge < -0.3 is 10.8 Å². The van der Waals surface area contributed by atoms with E-state index in [2.05, 4.69) is 16.8 Å². The Bertz CT molecular complexity index is 339. The number of piperidine rings is 1. The molecule has 1 aromatic heterocycles. The van der Waals surface area contributed by atoms with Crippen molar-refractivity contribution in [1.29, 1.82) is 0 Å². The van der Waals surface area contributed by atoms with Crippen molar-refractivity contribution in [2.24, 2.45) is 0 Å². The van der Waals surface area contributed by atoms with Crippen molar-refractivity contribution in [3.8, 4) is 0 Å². The van der Waals surface area contributed by atoms with Gasteiger partial charge in [0.1, 0.15) is 5.82 Å². The van der Waals surface area contributed by atoms with Crippen LogP contribution in [0, 0.1) is 0 Å². The van der Waals surface area contributed by atoms with E-state index in [1.54, 1.807) is 0 Å². The molecule has 3 N–H and O–H groups in total. The van der Waals surface area contributed by atoms with E-state index in [-0.39, 0.29) is 6.10 Å². The zero-order valence-electron chi connectivity index (χ0n) is 9.63. The van der Waals surface area contributed by atoms with Gasteiger partial charge in [-0.2, -0.15) is 0 Å². The summed E-state index contributed by atoms with van der Waals surface area (Å²) in [7, 11) is 0. The molecule has 88 valence electrons. The number of nitrogens with two attached hydrogens (primary N) is 1. The molecule has 1 aromatic rings. The quantitative estimate of drug-likeness (QED) is 0.787. The number of nitrogens with zero attached hydrogens (tertiary/aromatic N) is 2. The zero-order chi connectivity index (χ0) is 11.5. The molecule has 0 amide bonds. The lowest BCUT2D eigenvalue weighted by Crippen LogP contribution is -2.39. The molecule has 1 aliphatic heterocycles. The molecular weight excluding hydrogens is 202 g/mol. The van der Waals surface area contributed by atoms with Gasteiger partial charge in [-0.15, -0.1) is 0 Å². The topological polar surface area (TPSA) is 62.4 Å². The summed E-state index contributed by atoms with van der Waals surface area (Å²) < 4.78 is 0. The van der Waals surface area contributed by atoms with Gasteiger partial charge in [0.25, 0.3) is 0 Å². The van der Waals surface area contributed by atoms with Crippen LogP contribution in [0.1, 0.15) is 31.4 Å². The average molecular weight is 221 g/mol. The monoisotopic (exact) mass is 221 g/mol. The molecular formula is C12H19N3O. The van der Waals surface area contributed by atoms with E-state index in [0.717, 1.165) is 31.5 Å². The third kappa shape index (κ3) is 2.51. The summed E-state index contributed by atoms with van der Waals surface area (Å²) in [6.45, 7) is 3.94. The number of nitrogen functional groups attached to an aromatic ring is 1. The Hall–Kier alpha value is -1.13. The molecule has 0 bridgehead atoms. The molecule has 1 unspecified atom stereocenters. The van der Waals surface area contributed by atoms with Crippen molar-refractivity contribution in [1.82, 2.24) is 9.88 Å². The summed E-state index contributed by atoms with van der Waals surface area (Å²) in [4.78, 5) is 6.40. The number of rotatable bonds is 2. The lowest BCUT2D eigenvalue weighted by atomic mass is 10.0. The Morgan fingerprint density at radius 2 is 2.38 bits per heavy atom. The second-order valence-electron chi connectivity index (χ2n) is 4.48. The highest BCUT2D eigenvalue weighted by Gasteiger charge is 2.22. The van der Waals surface area contributed by atoms with E-state index in [1.807, 2.05) is 18.3 Å². The minimum absolute atomic E-state index is 0.182. The van der Waals surface area contributed by atoms with Crippen LogP contribution in [-0.4, -0.2) is 34.2 Å². The maximum atomic E-state index is 9.64. The van der Waals surface area contributed by atoms with Gasteiger partial charge in [-0.1, -0.05) is 6.07 Å². The normalized spacial score (nSPS) is 24.2. The SMILES string of the molecule is CC(c1ccc(N)nc1)N1CCC[C@H](O)C1. The number of anilines is 1. The van der Waals surface area contributed by atoms with Crippen molar-refractivity contribution < 1.29 is 5.11 Å². The molecule has 4 nitrogen and oxygen atoms in total. The Morgan fingerprint density at radius 3 is 3.00 bits per heavy atom. The second kappa shape index (κ2) is 4.80. The first kappa shape index (κ1) is 11.4. The van der Waals surface area contributed by atoms with E-state index in [9.17, 15) is 5.11 Å². The molecule has 0 aromatic carbocycles. The van der Waals surface area contributed by atoms with Crippen LogP contribution in [0.5, 0.6) is 0 Å². The molecule has 0 radical (unpaired) electrons. The highest BCUT2D eigenvalue weighted by atomic mass is 16.3. The lowest BCUT2D eigenvalue weighted by Gasteiger charge is -2.34. The highest BCUT2D eigenvalue weighted by molar-refractivity contribution is 5.30. The van der Waals surface area contributed by atoms with Crippen LogP contribution in [-0.2, 0) is 0 Å². The third-order valence-electron chi connectivity index (χ3n) is 3.27. The van der Waals surface area contributed by atoms with Crippen LogP contribution >= 0.6 is 0 Å². The smallest absolute Gasteiger partial charge is 0.123 e. The van der Waals surface area contributed by atoms with Crippen LogP contribution in [0.3, 0.4) is 0 Å². The minimum Gasteiger partial charge on any atom is -0.392 e. The first-order valence-electron chi connectivity index (χ1n) is 5.80. The Kier molecular flexibility index (Phi) is 3.41. The Morgan fingerprint density at radius 1 is 1.56 bits per heavy atom. The predicted octanol–water partition coefficient (Wildman–Crippen LogP) is 1.18. The van der Waals surface area contributed by atoms with E-state index >= 15 is 0 Å². The maximum Gasteiger partial charge on any atom is 0.123 e. The Balaban J connectivity index is 2.06. The van der Waals surface area contributed by atoms with Gasteiger partial charge in [-0.3, -0.25) is 4.90 Å². The summed E-state index contributed by atoms with van der Waals surface area (Å²) in [6, 6.07) is 4.13. The molecule has 16 heavy (non-hydrogen) atoms. The fourth-order valence-corrected chi connectivity index (χ4v) is 2.21. The van der Waals surface area contributed by atoms with Crippen LogP contribution < -0.4 is 5.73 Å². The van der Waals surface area contributed by atoms with Crippen molar-refractivity contribution in [3.05, 3.63) is 23.9 Å². The average Bonchev–Trinajstić information content (AvgIpc) is 2.29. The zero-order valence-corrected chi connectivity index (χ0v) is 9.63. The minimum atomic E-state index is -0.182. The summed E-state index contributed by atoms with van der Waals surface area (Å²) in [6.07, 6.45) is 3.62. The van der Waals surface area contributed by atoms with E-state index < -0.39 is 0 Å². The van der Waals surface area contributed by atoms with Crippen molar-refractivity contribution >= 4 is 5.82 Å². The number of aliphatic hydroxyl groups excluding tert-OH is 1. The maximum absolute atomic E-state index is 9.64. The second-order valence-corrected chi connectivity index (χ2v) is 4.48. The summed E-state index contributed by atoms with van der Waals surface area (Å²) in [5, 5.41) is 9.64. The molecule has 0 aliphatic carbocycles. The molecule has 0 saturated carbocycles. The van der Waals surface area contributed by atoms with Gasteiger partial charge in [-0.25, -0.2) is 4.98 Å². The molecule has 2 atom stereocenters. The van der Waals surface area contributed by atoms with Gasteiger partial charge in [0.05, 0.1) is 6.10 Å². The van der Waals surface area contributed by atoms with Gasteiger partial charge in [0.2, 0.25) is 0 Å². The molecule has 1 aliphatic rings. The molecule has 1 fully saturated rings. The summed E-state index contributed by atoms with van der Waals surface area (Å²) >= 11 is 0. The van der Waals surface area contributed by atoms with Crippen molar-refractivity contribution in [2.75, 3.05) is 18.8 Å². The lowest BCUT2D eigenvalue weighted by molar-refractivity contribution is 0.0503. The summed E-state index contributed by atoms with van der Waals surface area (Å²) in [5.74, 6) is 0.551. The van der Waals surface area contributed by atoms with E-state index in [4.69, 9.17) is 5.73 Å². The predicted molar refractivity (Wildman–Crippen MR) is 63.9 cm³/mol. The van der Waals surface area contributed by atoms with E-state index in [0.29, 0.717) is 11.9 Å². The molecule has 2 heterocycles. The number of hydrogen-bond donors (Lipinski definition) is 2. The largest absolute Gasteiger partial charge is 0.392 e. The number of β-amino-alcohol motifs (C(OH)–C–C–N with tert-alkyl or cyclic N) is 1. The van der Waals surface area contributed by atoms with Crippen LogP contribution in [0.4, 0.5) is 5.82 Å². The number of likely N-dealkylation sites (tertiary alicyclic amines) is 1. The molecule has 2 rings (SSSR count). The van der Waals surface area contributed by atoms with E-state index in [1.165, 1.54) is 0 Å². The van der Waals surface area contributed by atoms with Crippen molar-refractivity contribution in [3.63, 3.8) is 0 Å². The molecule has 4 heteroatoms. The molecule has 1 saturated heterocycles. The van der Waals surface area contributed by atoms with Crippen LogP contribution in [0.15, 0.2) is 18.3 Å². The number of aliphatic hydroxyl groups is 1. The number of pyridine rings is 1. The van der Waals surface area contributed by atoms with Crippen LogP contribution in [0.2, 0.25) is 0 Å². The van der Waals surface area contributed by atoms with Gasteiger partial charge in [-0.05, 0) is 37.9 Å².